The zero-order valence-electron chi connectivity index (χ0n) is 34.8. The van der Waals surface area contributed by atoms with Crippen molar-refractivity contribution in [3.8, 4) is 56.7 Å². The first-order valence-corrected chi connectivity index (χ1v) is 21.6. The highest BCUT2D eigenvalue weighted by Crippen LogP contribution is 2.54. The SMILES string of the molecule is CC1(C)c2ccccc2-c2cc(-c3ccc4ccccc4c3)cc(-n3c4ccccc4c4ccc5c6ccccc6n(-c6nc(-c7ccccc7)nc(-c7ccccc7)n6)c5c43)c21. The number of benzene rings is 9. The molecule has 0 aliphatic heterocycles. The molecule has 0 atom stereocenters. The van der Waals surface area contributed by atoms with Gasteiger partial charge in [0.05, 0.1) is 27.8 Å². The molecule has 3 heterocycles. The van der Waals surface area contributed by atoms with E-state index in [1.165, 1.54) is 54.9 Å². The Morgan fingerprint density at radius 1 is 0.381 bits per heavy atom. The molecule has 0 saturated heterocycles. The summed E-state index contributed by atoms with van der Waals surface area (Å²) >= 11 is 0. The van der Waals surface area contributed by atoms with E-state index >= 15 is 0 Å². The molecule has 0 bridgehead atoms. The molecule has 12 aromatic rings. The summed E-state index contributed by atoms with van der Waals surface area (Å²) in [7, 11) is 0. The van der Waals surface area contributed by atoms with Gasteiger partial charge in [-0.15, -0.1) is 0 Å². The Morgan fingerprint density at radius 3 is 1.62 bits per heavy atom. The lowest BCUT2D eigenvalue weighted by Crippen LogP contribution is -2.18. The molecule has 0 unspecified atom stereocenters. The van der Waals surface area contributed by atoms with Gasteiger partial charge in [-0.1, -0.05) is 184 Å². The molecule has 0 fully saturated rings. The van der Waals surface area contributed by atoms with Crippen molar-refractivity contribution in [2.45, 2.75) is 19.3 Å². The van der Waals surface area contributed by atoms with Crippen LogP contribution in [0.3, 0.4) is 0 Å². The van der Waals surface area contributed by atoms with Gasteiger partial charge in [-0.3, -0.25) is 4.57 Å². The highest BCUT2D eigenvalue weighted by Gasteiger charge is 2.39. The Morgan fingerprint density at radius 2 is 0.937 bits per heavy atom. The molecule has 3 aromatic heterocycles. The molecule has 5 heteroatoms. The summed E-state index contributed by atoms with van der Waals surface area (Å²) < 4.78 is 4.84. The van der Waals surface area contributed by atoms with Gasteiger partial charge in [0.25, 0.3) is 0 Å². The minimum absolute atomic E-state index is 0.287. The number of rotatable bonds is 5. The summed E-state index contributed by atoms with van der Waals surface area (Å²) in [4.78, 5) is 15.8. The molecule has 5 nitrogen and oxygen atoms in total. The molecule has 0 spiro atoms. The molecule has 0 amide bonds. The summed E-state index contributed by atoms with van der Waals surface area (Å²) in [6, 6.07) is 71.9. The number of hydrogen-bond acceptors (Lipinski definition) is 3. The van der Waals surface area contributed by atoms with E-state index in [9.17, 15) is 0 Å². The van der Waals surface area contributed by atoms with Crippen LogP contribution in [0.1, 0.15) is 25.0 Å². The topological polar surface area (TPSA) is 48.5 Å². The first-order valence-electron chi connectivity index (χ1n) is 21.6. The number of fused-ring (bicyclic) bond motifs is 11. The van der Waals surface area contributed by atoms with E-state index in [0.29, 0.717) is 17.6 Å². The molecule has 1 aliphatic carbocycles. The summed E-state index contributed by atoms with van der Waals surface area (Å²) in [6.07, 6.45) is 0. The lowest BCUT2D eigenvalue weighted by atomic mass is 9.81. The average Bonchev–Trinajstić information content (AvgIpc) is 3.95. The molecule has 13 rings (SSSR count). The van der Waals surface area contributed by atoms with E-state index in [2.05, 4.69) is 187 Å². The number of para-hydroxylation sites is 2. The van der Waals surface area contributed by atoms with Crippen LogP contribution in [0, 0.1) is 0 Å². The second-order valence-electron chi connectivity index (χ2n) is 17.2. The minimum atomic E-state index is -0.287. The van der Waals surface area contributed by atoms with Gasteiger partial charge < -0.3 is 4.57 Å². The van der Waals surface area contributed by atoms with Crippen LogP contribution < -0.4 is 0 Å². The zero-order chi connectivity index (χ0) is 41.8. The van der Waals surface area contributed by atoms with Crippen molar-refractivity contribution >= 4 is 54.4 Å². The average molecular weight is 806 g/mol. The predicted octanol–water partition coefficient (Wildman–Crippen LogP) is 14.5. The molecular weight excluding hydrogens is 767 g/mol. The summed E-state index contributed by atoms with van der Waals surface area (Å²) in [5.74, 6) is 1.82. The van der Waals surface area contributed by atoms with E-state index in [0.717, 1.165) is 49.7 Å². The Bertz CT molecular complexity index is 3760. The van der Waals surface area contributed by atoms with Crippen molar-refractivity contribution in [3.05, 3.63) is 211 Å². The fourth-order valence-electron chi connectivity index (χ4n) is 10.5. The third-order valence-electron chi connectivity index (χ3n) is 13.3. The van der Waals surface area contributed by atoms with Crippen LogP contribution in [0.15, 0.2) is 200 Å². The summed E-state index contributed by atoms with van der Waals surface area (Å²) in [5.41, 5.74) is 14.6. The van der Waals surface area contributed by atoms with Gasteiger partial charge >= 0.3 is 0 Å². The predicted molar refractivity (Wildman–Crippen MR) is 260 cm³/mol. The van der Waals surface area contributed by atoms with E-state index in [-0.39, 0.29) is 5.41 Å². The van der Waals surface area contributed by atoms with E-state index in [4.69, 9.17) is 15.0 Å². The molecule has 1 aliphatic rings. The van der Waals surface area contributed by atoms with Gasteiger partial charge in [0.2, 0.25) is 5.95 Å². The Balaban J connectivity index is 1.20. The molecule has 9 aromatic carbocycles. The van der Waals surface area contributed by atoms with Crippen molar-refractivity contribution in [3.63, 3.8) is 0 Å². The van der Waals surface area contributed by atoms with Crippen molar-refractivity contribution in [1.29, 1.82) is 0 Å². The van der Waals surface area contributed by atoms with Gasteiger partial charge in [-0.2, -0.15) is 9.97 Å². The molecular formula is C58H39N5. The lowest BCUT2D eigenvalue weighted by molar-refractivity contribution is 0.657. The molecule has 0 radical (unpaired) electrons. The van der Waals surface area contributed by atoms with Crippen molar-refractivity contribution < 1.29 is 0 Å². The van der Waals surface area contributed by atoms with Crippen LogP contribution in [-0.4, -0.2) is 24.1 Å². The minimum Gasteiger partial charge on any atom is -0.307 e. The largest absolute Gasteiger partial charge is 0.307 e. The molecule has 0 N–H and O–H groups in total. The second kappa shape index (κ2) is 13.4. The first kappa shape index (κ1) is 35.6. The smallest absolute Gasteiger partial charge is 0.238 e. The Labute approximate surface area is 364 Å². The normalized spacial score (nSPS) is 13.0. The highest BCUT2D eigenvalue weighted by atomic mass is 15.2. The summed E-state index contributed by atoms with van der Waals surface area (Å²) in [5, 5.41) is 7.08. The summed E-state index contributed by atoms with van der Waals surface area (Å²) in [6.45, 7) is 4.77. The molecule has 296 valence electrons. The van der Waals surface area contributed by atoms with Crippen LogP contribution >= 0.6 is 0 Å². The van der Waals surface area contributed by atoms with E-state index in [1.54, 1.807) is 0 Å². The zero-order valence-corrected chi connectivity index (χ0v) is 34.8. The highest BCUT2D eigenvalue weighted by molar-refractivity contribution is 6.24. The standard InChI is InChI=1S/C58H39N5/c1-58(2)48-26-14-11-23-42(48)47-34-41(40-30-29-36-17-9-10-22-39(36)33-40)35-51(52(47)58)62-49-27-15-12-24-43(49)45-31-32-46-44-25-13-16-28-50(44)63(54(46)53(45)62)57-60-55(37-18-5-3-6-19-37)59-56(61-57)38-20-7-4-8-21-38/h3-35H,1-2H3. The van der Waals surface area contributed by atoms with Gasteiger partial charge in [0, 0.05) is 38.1 Å². The fourth-order valence-corrected chi connectivity index (χ4v) is 10.5. The Hall–Kier alpha value is -8.15. The number of hydrogen-bond donors (Lipinski definition) is 0. The van der Waals surface area contributed by atoms with E-state index in [1.807, 2.05) is 36.4 Å². The fraction of sp³-hybridized carbons (Fsp3) is 0.0517. The van der Waals surface area contributed by atoms with Gasteiger partial charge in [-0.05, 0) is 74.5 Å². The van der Waals surface area contributed by atoms with Gasteiger partial charge in [0.15, 0.2) is 11.6 Å². The monoisotopic (exact) mass is 805 g/mol. The quantitative estimate of drug-likeness (QED) is 0.174. The number of aromatic nitrogens is 5. The van der Waals surface area contributed by atoms with E-state index < -0.39 is 0 Å². The maximum atomic E-state index is 5.35. The molecule has 63 heavy (non-hydrogen) atoms. The van der Waals surface area contributed by atoms with Gasteiger partial charge in [0.1, 0.15) is 0 Å². The number of nitrogens with zero attached hydrogens (tertiary/aromatic N) is 5. The van der Waals surface area contributed by atoms with Crippen molar-refractivity contribution in [2.75, 3.05) is 0 Å². The van der Waals surface area contributed by atoms with Gasteiger partial charge in [-0.25, -0.2) is 4.98 Å². The third-order valence-corrected chi connectivity index (χ3v) is 13.3. The first-order chi connectivity index (χ1) is 31.0. The van der Waals surface area contributed by atoms with Crippen LogP contribution in [0.2, 0.25) is 0 Å². The van der Waals surface area contributed by atoms with Crippen LogP contribution in [0.4, 0.5) is 0 Å². The van der Waals surface area contributed by atoms with Crippen molar-refractivity contribution in [2.24, 2.45) is 0 Å². The lowest BCUT2D eigenvalue weighted by Gasteiger charge is -2.26. The van der Waals surface area contributed by atoms with Crippen molar-refractivity contribution in [1.82, 2.24) is 24.1 Å². The maximum absolute atomic E-state index is 5.35. The maximum Gasteiger partial charge on any atom is 0.238 e. The third kappa shape index (κ3) is 5.26. The van der Waals surface area contributed by atoms with Crippen LogP contribution in [-0.2, 0) is 5.41 Å². The van der Waals surface area contributed by atoms with Crippen LogP contribution in [0.25, 0.3) is 111 Å². The Kier molecular flexibility index (Phi) is 7.58. The van der Waals surface area contributed by atoms with Crippen LogP contribution in [0.5, 0.6) is 0 Å². The molecule has 0 saturated carbocycles. The second-order valence-corrected chi connectivity index (χ2v) is 17.2.